The van der Waals surface area contributed by atoms with Crippen LogP contribution in [0.1, 0.15) is 49.6 Å². The summed E-state index contributed by atoms with van der Waals surface area (Å²) in [5.74, 6) is 1.84. The van der Waals surface area contributed by atoms with E-state index >= 15 is 0 Å². The second-order valence-electron chi connectivity index (χ2n) is 7.81. The summed E-state index contributed by atoms with van der Waals surface area (Å²) >= 11 is 0. The molecule has 0 saturated carbocycles. The zero-order valence-corrected chi connectivity index (χ0v) is 21.5. The number of aliphatic imine (C=N–C) groups is 1. The van der Waals surface area contributed by atoms with Crippen molar-refractivity contribution in [2.75, 3.05) is 39.8 Å². The number of nitrogens with one attached hydrogen (secondary N) is 2. The quantitative estimate of drug-likeness (QED) is 0.269. The lowest BCUT2D eigenvalue weighted by atomic mass is 10.1. The molecule has 7 heteroatoms. The van der Waals surface area contributed by atoms with Crippen LogP contribution in [0.3, 0.4) is 0 Å². The predicted molar refractivity (Wildman–Crippen MR) is 139 cm³/mol. The maximum atomic E-state index is 5.73. The molecule has 1 aliphatic heterocycles. The van der Waals surface area contributed by atoms with Crippen LogP contribution in [0.5, 0.6) is 0 Å². The summed E-state index contributed by atoms with van der Waals surface area (Å²) in [5.41, 5.74) is 2.68. The summed E-state index contributed by atoms with van der Waals surface area (Å²) < 4.78 is 5.73. The Morgan fingerprint density at radius 1 is 1.06 bits per heavy atom. The van der Waals surface area contributed by atoms with Crippen LogP contribution in [0.4, 0.5) is 0 Å². The number of hydrogen-bond donors (Lipinski definition) is 2. The second-order valence-corrected chi connectivity index (χ2v) is 7.81. The summed E-state index contributed by atoms with van der Waals surface area (Å²) in [4.78, 5) is 9.38. The maximum Gasteiger partial charge on any atom is 0.191 e. The minimum Gasteiger partial charge on any atom is -0.468 e. The third-order valence-corrected chi connectivity index (χ3v) is 5.99. The average molecular weight is 540 g/mol. The number of likely N-dealkylation sites (tertiary alicyclic amines) is 1. The van der Waals surface area contributed by atoms with Gasteiger partial charge in [-0.1, -0.05) is 38.1 Å². The van der Waals surface area contributed by atoms with E-state index in [1.165, 1.54) is 24.0 Å². The maximum absolute atomic E-state index is 5.73. The highest BCUT2D eigenvalue weighted by Crippen LogP contribution is 2.24. The monoisotopic (exact) mass is 539 g/mol. The zero-order valence-electron chi connectivity index (χ0n) is 19.1. The number of guanidine groups is 1. The Kier molecular flexibility index (Phi) is 11.4. The lowest BCUT2D eigenvalue weighted by molar-refractivity contribution is 0.215. The van der Waals surface area contributed by atoms with Gasteiger partial charge in [-0.3, -0.25) is 14.8 Å². The summed E-state index contributed by atoms with van der Waals surface area (Å²) in [6, 6.07) is 12.9. The number of furan rings is 1. The first-order chi connectivity index (χ1) is 14.7. The van der Waals surface area contributed by atoms with Crippen LogP contribution in [0.15, 0.2) is 52.1 Å². The van der Waals surface area contributed by atoms with Crippen molar-refractivity contribution in [2.24, 2.45) is 4.99 Å². The lowest BCUT2D eigenvalue weighted by Gasteiger charge is -2.27. The molecule has 2 N–H and O–H groups in total. The van der Waals surface area contributed by atoms with E-state index in [1.54, 1.807) is 6.26 Å². The molecule has 2 aromatic rings. The molecule has 6 nitrogen and oxygen atoms in total. The lowest BCUT2D eigenvalue weighted by Crippen LogP contribution is -2.42. The summed E-state index contributed by atoms with van der Waals surface area (Å²) in [6.45, 7) is 11.3. The smallest absolute Gasteiger partial charge is 0.191 e. The third kappa shape index (κ3) is 7.50. The summed E-state index contributed by atoms with van der Waals surface area (Å²) in [5, 5.41) is 7.01. The number of halogens is 1. The number of hydrogen-bond acceptors (Lipinski definition) is 4. The van der Waals surface area contributed by atoms with Crippen molar-refractivity contribution < 1.29 is 4.42 Å². The molecule has 1 fully saturated rings. The van der Waals surface area contributed by atoms with Crippen LogP contribution in [0.25, 0.3) is 0 Å². The molecule has 1 aromatic heterocycles. The van der Waals surface area contributed by atoms with Crippen molar-refractivity contribution in [3.8, 4) is 0 Å². The zero-order chi connectivity index (χ0) is 21.2. The number of rotatable bonds is 10. The van der Waals surface area contributed by atoms with Gasteiger partial charge in [0.25, 0.3) is 0 Å². The van der Waals surface area contributed by atoms with E-state index in [1.807, 2.05) is 13.1 Å². The van der Waals surface area contributed by atoms with Crippen LogP contribution in [-0.2, 0) is 13.1 Å². The molecule has 1 unspecified atom stereocenters. The van der Waals surface area contributed by atoms with E-state index < -0.39 is 0 Å². The first kappa shape index (κ1) is 25.7. The fraction of sp³-hybridized carbons (Fsp3) is 0.542. The molecule has 1 aliphatic rings. The van der Waals surface area contributed by atoms with Gasteiger partial charge in [-0.05, 0) is 62.3 Å². The van der Waals surface area contributed by atoms with Gasteiger partial charge in [-0.25, -0.2) is 0 Å². The molecule has 0 radical (unpaired) electrons. The van der Waals surface area contributed by atoms with Crippen molar-refractivity contribution in [3.63, 3.8) is 0 Å². The molecule has 1 atom stereocenters. The van der Waals surface area contributed by atoms with E-state index in [-0.39, 0.29) is 30.0 Å². The molecule has 31 heavy (non-hydrogen) atoms. The average Bonchev–Trinajstić information content (AvgIpc) is 3.50. The van der Waals surface area contributed by atoms with Gasteiger partial charge in [0.05, 0.1) is 12.3 Å². The van der Waals surface area contributed by atoms with Gasteiger partial charge >= 0.3 is 0 Å². The topological polar surface area (TPSA) is 56.0 Å². The van der Waals surface area contributed by atoms with E-state index in [9.17, 15) is 0 Å². The normalized spacial score (nSPS) is 15.7. The molecular formula is C24H38IN5O. The molecule has 172 valence electrons. The van der Waals surface area contributed by atoms with Gasteiger partial charge < -0.3 is 15.1 Å². The van der Waals surface area contributed by atoms with Gasteiger partial charge in [-0.15, -0.1) is 24.0 Å². The standard InChI is InChI=1S/C24H37N5O.HI/c1-4-28(5-2)19-21-12-7-6-11-20(21)17-26-24(25-3)27-18-22(23-13-10-16-30-23)29-14-8-9-15-29;/h6-7,10-13,16,22H,4-5,8-9,14-15,17-19H2,1-3H3,(H2,25,26,27);1H. The van der Waals surface area contributed by atoms with Crippen molar-refractivity contribution in [1.29, 1.82) is 0 Å². The Balaban J connectivity index is 0.00000341. The first-order valence-corrected chi connectivity index (χ1v) is 11.3. The molecule has 0 spiro atoms. The molecule has 1 saturated heterocycles. The highest BCUT2D eigenvalue weighted by Gasteiger charge is 2.25. The first-order valence-electron chi connectivity index (χ1n) is 11.3. The minimum atomic E-state index is 0. The van der Waals surface area contributed by atoms with Crippen LogP contribution < -0.4 is 10.6 Å². The van der Waals surface area contributed by atoms with Crippen molar-refractivity contribution >= 4 is 29.9 Å². The van der Waals surface area contributed by atoms with Crippen molar-refractivity contribution in [2.45, 2.75) is 45.8 Å². The van der Waals surface area contributed by atoms with Gasteiger partial charge in [0.1, 0.15) is 5.76 Å². The third-order valence-electron chi connectivity index (χ3n) is 5.99. The van der Waals surface area contributed by atoms with Gasteiger partial charge in [0.2, 0.25) is 0 Å². The molecule has 2 heterocycles. The van der Waals surface area contributed by atoms with Gasteiger partial charge in [0.15, 0.2) is 5.96 Å². The van der Waals surface area contributed by atoms with Crippen LogP contribution in [0.2, 0.25) is 0 Å². The predicted octanol–water partition coefficient (Wildman–Crippen LogP) is 4.24. The van der Waals surface area contributed by atoms with Gasteiger partial charge in [-0.2, -0.15) is 0 Å². The fourth-order valence-corrected chi connectivity index (χ4v) is 4.11. The Bertz CT molecular complexity index is 770. The fourth-order valence-electron chi connectivity index (χ4n) is 4.11. The number of nitrogens with zero attached hydrogens (tertiary/aromatic N) is 3. The highest BCUT2D eigenvalue weighted by molar-refractivity contribution is 14.0. The van der Waals surface area contributed by atoms with Crippen LogP contribution >= 0.6 is 24.0 Å². The van der Waals surface area contributed by atoms with E-state index in [0.717, 1.165) is 57.5 Å². The second kappa shape index (κ2) is 13.8. The Hall–Kier alpha value is -1.58. The SMILES string of the molecule is CCN(CC)Cc1ccccc1CNC(=NC)NCC(c1ccco1)N1CCCC1.I. The molecule has 0 bridgehead atoms. The summed E-state index contributed by atoms with van der Waals surface area (Å²) in [6.07, 6.45) is 4.28. The molecule has 0 amide bonds. The Labute approximate surface area is 204 Å². The summed E-state index contributed by atoms with van der Waals surface area (Å²) in [7, 11) is 1.83. The molecule has 1 aromatic carbocycles. The molecule has 0 aliphatic carbocycles. The number of benzene rings is 1. The van der Waals surface area contributed by atoms with Crippen LogP contribution in [-0.4, -0.2) is 55.5 Å². The van der Waals surface area contributed by atoms with Gasteiger partial charge in [0, 0.05) is 26.7 Å². The van der Waals surface area contributed by atoms with E-state index in [0.29, 0.717) is 0 Å². The van der Waals surface area contributed by atoms with Crippen molar-refractivity contribution in [1.82, 2.24) is 20.4 Å². The Morgan fingerprint density at radius 3 is 2.39 bits per heavy atom. The van der Waals surface area contributed by atoms with Crippen molar-refractivity contribution in [3.05, 3.63) is 59.5 Å². The Morgan fingerprint density at radius 2 is 1.77 bits per heavy atom. The van der Waals surface area contributed by atoms with E-state index in [4.69, 9.17) is 4.42 Å². The largest absolute Gasteiger partial charge is 0.468 e. The molecular weight excluding hydrogens is 501 g/mol. The van der Waals surface area contributed by atoms with Crippen LogP contribution in [0, 0.1) is 0 Å². The highest BCUT2D eigenvalue weighted by atomic mass is 127. The molecule has 3 rings (SSSR count). The van der Waals surface area contributed by atoms with E-state index in [2.05, 4.69) is 69.6 Å². The minimum absolute atomic E-state index is 0.